The number of aromatic nitrogens is 2. The molecule has 2 aromatic rings. The van der Waals surface area contributed by atoms with Crippen LogP contribution < -0.4 is 9.80 Å². The van der Waals surface area contributed by atoms with E-state index in [9.17, 15) is 0 Å². The molecular formula is C21H32N4. The molecule has 0 unspecified atom stereocenters. The lowest BCUT2D eigenvalue weighted by atomic mass is 10.2. The summed E-state index contributed by atoms with van der Waals surface area (Å²) in [5.41, 5.74) is 2.30. The molecule has 4 nitrogen and oxygen atoms in total. The summed E-state index contributed by atoms with van der Waals surface area (Å²) in [7, 11) is 0. The standard InChI is InChI=1S/C21H32N4/c1-6-13-24(14-7-2)20-15-18(5)22-21(23-20)25(17(3)4)16-19-11-9-8-10-12-19/h8-12,15,17H,6-7,13-14,16H2,1-5H3. The summed E-state index contributed by atoms with van der Waals surface area (Å²) >= 11 is 0. The van der Waals surface area contributed by atoms with Crippen molar-refractivity contribution in [1.29, 1.82) is 0 Å². The van der Waals surface area contributed by atoms with Gasteiger partial charge in [-0.3, -0.25) is 0 Å². The molecule has 0 amide bonds. The molecular weight excluding hydrogens is 308 g/mol. The summed E-state index contributed by atoms with van der Waals surface area (Å²) in [6.07, 6.45) is 2.24. The van der Waals surface area contributed by atoms with E-state index in [4.69, 9.17) is 9.97 Å². The van der Waals surface area contributed by atoms with E-state index in [1.54, 1.807) is 0 Å². The largest absolute Gasteiger partial charge is 0.356 e. The van der Waals surface area contributed by atoms with Crippen LogP contribution in [-0.2, 0) is 6.54 Å². The number of benzene rings is 1. The maximum atomic E-state index is 4.93. The van der Waals surface area contributed by atoms with Crippen LogP contribution in [0.3, 0.4) is 0 Å². The number of nitrogens with zero attached hydrogens (tertiary/aromatic N) is 4. The smallest absolute Gasteiger partial charge is 0.228 e. The van der Waals surface area contributed by atoms with Crippen molar-refractivity contribution in [3.63, 3.8) is 0 Å². The highest BCUT2D eigenvalue weighted by Gasteiger charge is 2.17. The van der Waals surface area contributed by atoms with Gasteiger partial charge in [-0.1, -0.05) is 44.2 Å². The molecule has 0 aliphatic heterocycles. The fraction of sp³-hybridized carbons (Fsp3) is 0.524. The zero-order valence-electron chi connectivity index (χ0n) is 16.4. The first kappa shape index (κ1) is 19.2. The van der Waals surface area contributed by atoms with Crippen LogP contribution in [0.15, 0.2) is 36.4 Å². The van der Waals surface area contributed by atoms with Gasteiger partial charge in [0.05, 0.1) is 0 Å². The van der Waals surface area contributed by atoms with Crippen molar-refractivity contribution >= 4 is 11.8 Å². The number of rotatable bonds is 9. The van der Waals surface area contributed by atoms with Crippen molar-refractivity contribution < 1.29 is 0 Å². The minimum absolute atomic E-state index is 0.334. The van der Waals surface area contributed by atoms with Crippen LogP contribution in [0, 0.1) is 6.92 Å². The molecule has 0 aliphatic rings. The summed E-state index contributed by atoms with van der Waals surface area (Å²) in [6.45, 7) is 13.8. The Morgan fingerprint density at radius 1 is 0.960 bits per heavy atom. The van der Waals surface area contributed by atoms with Gasteiger partial charge in [0, 0.05) is 37.4 Å². The summed E-state index contributed by atoms with van der Waals surface area (Å²) in [5, 5.41) is 0. The van der Waals surface area contributed by atoms with Gasteiger partial charge in [0.25, 0.3) is 0 Å². The Balaban J connectivity index is 2.34. The van der Waals surface area contributed by atoms with Gasteiger partial charge >= 0.3 is 0 Å². The Labute approximate surface area is 152 Å². The topological polar surface area (TPSA) is 32.3 Å². The van der Waals surface area contributed by atoms with E-state index in [2.05, 4.69) is 80.8 Å². The number of hydrogen-bond donors (Lipinski definition) is 0. The minimum Gasteiger partial charge on any atom is -0.356 e. The molecule has 136 valence electrons. The van der Waals surface area contributed by atoms with Gasteiger partial charge in [0.2, 0.25) is 5.95 Å². The van der Waals surface area contributed by atoms with Gasteiger partial charge in [0.1, 0.15) is 5.82 Å². The molecule has 0 aliphatic carbocycles. The van der Waals surface area contributed by atoms with Crippen LogP contribution >= 0.6 is 0 Å². The van der Waals surface area contributed by atoms with Crippen molar-refractivity contribution in [3.8, 4) is 0 Å². The maximum Gasteiger partial charge on any atom is 0.228 e. The van der Waals surface area contributed by atoms with E-state index >= 15 is 0 Å². The van der Waals surface area contributed by atoms with Gasteiger partial charge in [-0.05, 0) is 39.2 Å². The summed E-state index contributed by atoms with van der Waals surface area (Å²) < 4.78 is 0. The molecule has 0 radical (unpaired) electrons. The van der Waals surface area contributed by atoms with E-state index in [0.717, 1.165) is 49.9 Å². The van der Waals surface area contributed by atoms with Crippen LogP contribution in [-0.4, -0.2) is 29.1 Å². The van der Waals surface area contributed by atoms with Crippen molar-refractivity contribution in [2.24, 2.45) is 0 Å². The van der Waals surface area contributed by atoms with E-state index in [1.807, 2.05) is 0 Å². The van der Waals surface area contributed by atoms with Crippen molar-refractivity contribution in [3.05, 3.63) is 47.7 Å². The fourth-order valence-corrected chi connectivity index (χ4v) is 2.97. The second-order valence-corrected chi connectivity index (χ2v) is 6.86. The lowest BCUT2D eigenvalue weighted by Gasteiger charge is -2.29. The van der Waals surface area contributed by atoms with Crippen LogP contribution in [0.4, 0.5) is 11.8 Å². The second kappa shape index (κ2) is 9.40. The number of anilines is 2. The molecule has 0 spiro atoms. The van der Waals surface area contributed by atoms with E-state index in [0.29, 0.717) is 6.04 Å². The molecule has 1 aromatic heterocycles. The molecule has 25 heavy (non-hydrogen) atoms. The molecule has 1 aromatic carbocycles. The third-order valence-electron chi connectivity index (χ3n) is 4.22. The average Bonchev–Trinajstić information content (AvgIpc) is 2.59. The molecule has 4 heteroatoms. The Morgan fingerprint density at radius 2 is 1.60 bits per heavy atom. The Hall–Kier alpha value is -2.10. The predicted molar refractivity (Wildman–Crippen MR) is 107 cm³/mol. The van der Waals surface area contributed by atoms with Gasteiger partial charge in [-0.2, -0.15) is 4.98 Å². The quantitative estimate of drug-likeness (QED) is 0.655. The summed E-state index contributed by atoms with van der Waals surface area (Å²) in [5.74, 6) is 1.87. The zero-order valence-corrected chi connectivity index (χ0v) is 16.4. The molecule has 0 fully saturated rings. The van der Waals surface area contributed by atoms with Gasteiger partial charge < -0.3 is 9.80 Å². The van der Waals surface area contributed by atoms with E-state index in [-0.39, 0.29) is 0 Å². The van der Waals surface area contributed by atoms with Crippen LogP contribution in [0.25, 0.3) is 0 Å². The predicted octanol–water partition coefficient (Wildman–Crippen LogP) is 4.83. The summed E-state index contributed by atoms with van der Waals surface area (Å²) in [4.78, 5) is 14.3. The molecule has 0 N–H and O–H groups in total. The highest BCUT2D eigenvalue weighted by atomic mass is 15.3. The molecule has 0 atom stereocenters. The average molecular weight is 341 g/mol. The van der Waals surface area contributed by atoms with Crippen LogP contribution in [0.1, 0.15) is 51.8 Å². The lowest BCUT2D eigenvalue weighted by Crippen LogP contribution is -2.33. The first-order valence-corrected chi connectivity index (χ1v) is 9.46. The molecule has 0 bridgehead atoms. The first-order valence-electron chi connectivity index (χ1n) is 9.46. The van der Waals surface area contributed by atoms with Crippen LogP contribution in [0.5, 0.6) is 0 Å². The van der Waals surface area contributed by atoms with Gasteiger partial charge in [-0.15, -0.1) is 0 Å². The van der Waals surface area contributed by atoms with Crippen molar-refractivity contribution in [2.45, 2.75) is 60.0 Å². The maximum absolute atomic E-state index is 4.93. The number of aryl methyl sites for hydroxylation is 1. The van der Waals surface area contributed by atoms with Crippen LogP contribution in [0.2, 0.25) is 0 Å². The second-order valence-electron chi connectivity index (χ2n) is 6.86. The highest BCUT2D eigenvalue weighted by molar-refractivity contribution is 5.46. The van der Waals surface area contributed by atoms with E-state index < -0.39 is 0 Å². The Bertz CT molecular complexity index is 634. The van der Waals surface area contributed by atoms with Crippen molar-refractivity contribution in [1.82, 2.24) is 9.97 Å². The number of hydrogen-bond acceptors (Lipinski definition) is 4. The lowest BCUT2D eigenvalue weighted by molar-refractivity contribution is 0.655. The monoisotopic (exact) mass is 340 g/mol. The molecule has 1 heterocycles. The first-order chi connectivity index (χ1) is 12.0. The van der Waals surface area contributed by atoms with Gasteiger partial charge in [-0.25, -0.2) is 4.98 Å². The molecule has 0 saturated carbocycles. The molecule has 2 rings (SSSR count). The third-order valence-corrected chi connectivity index (χ3v) is 4.22. The molecule has 0 saturated heterocycles. The normalized spacial score (nSPS) is 11.0. The SMILES string of the molecule is CCCN(CCC)c1cc(C)nc(N(Cc2ccccc2)C(C)C)n1. The highest BCUT2D eigenvalue weighted by Crippen LogP contribution is 2.21. The Morgan fingerprint density at radius 3 is 2.16 bits per heavy atom. The Kier molecular flexibility index (Phi) is 7.23. The zero-order chi connectivity index (χ0) is 18.2. The van der Waals surface area contributed by atoms with Gasteiger partial charge in [0.15, 0.2) is 0 Å². The minimum atomic E-state index is 0.334. The fourth-order valence-electron chi connectivity index (χ4n) is 2.97. The summed E-state index contributed by atoms with van der Waals surface area (Å²) in [6, 6.07) is 13.0. The van der Waals surface area contributed by atoms with Crippen molar-refractivity contribution in [2.75, 3.05) is 22.9 Å². The van der Waals surface area contributed by atoms with E-state index in [1.165, 1.54) is 5.56 Å². The third kappa shape index (κ3) is 5.45.